The first-order valence-corrected chi connectivity index (χ1v) is 50.2. The fourth-order valence-corrected chi connectivity index (χ4v) is 17.4. The molecule has 3 amide bonds. The third-order valence-electron chi connectivity index (χ3n) is 22.5. The summed E-state index contributed by atoms with van der Waals surface area (Å²) < 4.78 is 129. The van der Waals surface area contributed by atoms with Crippen molar-refractivity contribution in [1.82, 2.24) is 119 Å². The number of H-pyrrole nitrogens is 1. The molecule has 3 saturated heterocycles. The second-order valence-electron chi connectivity index (χ2n) is 36.4. The molecule has 0 aromatic carbocycles. The van der Waals surface area contributed by atoms with Crippen molar-refractivity contribution in [2.45, 2.75) is 216 Å². The Hall–Kier alpha value is -12.2. The molecular formula is C94H115BBr6N34O11. The van der Waals surface area contributed by atoms with E-state index in [4.69, 9.17) is 45.3 Å². The number of aromatic amines is 1. The molecule has 0 saturated carbocycles. The zero-order valence-corrected chi connectivity index (χ0v) is 91.9. The van der Waals surface area contributed by atoms with Crippen molar-refractivity contribution >= 4 is 196 Å². The maximum absolute atomic E-state index is 12.8. The summed E-state index contributed by atoms with van der Waals surface area (Å²) >= 11 is 19.3. The Kier molecular flexibility index (Phi) is 30.7. The molecule has 7 aliphatic rings. The van der Waals surface area contributed by atoms with Crippen LogP contribution in [0.15, 0.2) is 132 Å². The standard InChI is InChI=1S/C23H28N8O2.C19H22N8.C16H25BN4O3.C13H15BrN4O.C10H13BrN4O.C7H7Br2N3O2.C6H5Br2N3O2/c1-14-15(17-11-24-21-22(28-17)31(23(2,3)4)18(32)12-25-21)8-9-16(27-14)20-26-13-30(29-20)19-7-5-6-10-33-19;1-11-8-20-17-18(27(11)19(3,4)5)25-15(9-21-17)13-6-7-14(24-12(13)2)16-22-10-23-26-16;1-14(2,3)21-11(22)9-19-12-13(21)20-10(8-18-12)17-23-15(4,5)16(6,7)24-17;1-9-10(14)5-6-11(16-9)13-15-8-18(17-13)12-4-2-3-7-19-12;1-10(2,3)15-7(16)5-13-8-9(15)14-6(11)4-12-8;1-14-5(13)3-11-7-6(9)12-4(8)2-10-7;7-3-1-9-6(5(8)11-3)10-2-4(12)13/h8-9,11,13,19H,5-7,10,12H2,1-4H3,(H,24,25);6-7,9-10H,1,8H2,2-5H3,(H,20,21)(H,22,23,26);8H,9H2,1-7H3,(H,18,19);5-6,8,12H,2-4,7H2,1H3;4H,5H2,1-3H3,(H,12,13);2H,3H2,1H3,(H,10,11);1H,2H2,(H,9,10)(H,12,13)/i2D3;3D3;1D3;;1D3;;. The number of amides is 3. The van der Waals surface area contributed by atoms with Gasteiger partial charge in [0, 0.05) is 90.7 Å². The number of rotatable bonds is 14. The van der Waals surface area contributed by atoms with Crippen LogP contribution >= 0.6 is 95.6 Å². The van der Waals surface area contributed by atoms with Gasteiger partial charge in [0.2, 0.25) is 17.7 Å². The highest BCUT2D eigenvalue weighted by Gasteiger charge is 2.53. The van der Waals surface area contributed by atoms with Crippen LogP contribution < -0.4 is 57.1 Å². The van der Waals surface area contributed by atoms with Gasteiger partial charge in [-0.05, 0) is 302 Å². The van der Waals surface area contributed by atoms with Crippen molar-refractivity contribution in [3.8, 4) is 57.1 Å². The monoisotopic (exact) mass is 2390 g/mol. The molecule has 0 aliphatic carbocycles. The first-order valence-electron chi connectivity index (χ1n) is 51.5. The van der Waals surface area contributed by atoms with E-state index in [-0.39, 0.29) is 86.3 Å². The molecule has 12 aromatic heterocycles. The number of hydrogen-bond acceptors (Lipinski definition) is 38. The summed E-state index contributed by atoms with van der Waals surface area (Å²) in [6.45, 7) is 22.0. The second-order valence-corrected chi connectivity index (χ2v) is 41.1. The number of carbonyl (C=O) groups is 5. The maximum atomic E-state index is 12.8. The number of fused-ring (bicyclic) bond motifs is 4. The highest BCUT2D eigenvalue weighted by Crippen LogP contribution is 2.42. The number of carboxylic acid groups (broad SMARTS) is 1. The van der Waals surface area contributed by atoms with Crippen LogP contribution in [0, 0.1) is 20.8 Å². The van der Waals surface area contributed by atoms with E-state index in [2.05, 4.69) is 244 Å². The number of aromatic nitrogens is 24. The highest BCUT2D eigenvalue weighted by atomic mass is 79.9. The molecule has 12 aromatic rings. The average molecular weight is 2400 g/mol. The number of methoxy groups -OCH3 is 1. The number of nitrogens with zero attached hydrogens (tertiary/aromatic N) is 27. The number of carboxylic acids is 1. The van der Waals surface area contributed by atoms with Crippen LogP contribution in [0.4, 0.5) is 58.2 Å². The van der Waals surface area contributed by atoms with E-state index in [9.17, 15) is 24.0 Å². The predicted molar refractivity (Wildman–Crippen MR) is 574 cm³/mol. The molecular weight excluding hydrogens is 2270 g/mol. The molecule has 2 atom stereocenters. The number of halogens is 6. The van der Waals surface area contributed by atoms with Crippen LogP contribution in [0.3, 0.4) is 0 Å². The van der Waals surface area contributed by atoms with Gasteiger partial charge in [-0.2, -0.15) is 5.10 Å². The molecule has 0 radical (unpaired) electrons. The van der Waals surface area contributed by atoms with Crippen molar-refractivity contribution < 1.29 is 69.0 Å². The number of carbonyl (C=O) groups excluding carboxylic acids is 4. The molecule has 19 heterocycles. The minimum Gasteiger partial charge on any atom is -0.480 e. The molecule has 0 bridgehead atoms. The third kappa shape index (κ3) is 27.8. The zero-order chi connectivity index (χ0) is 116. The topological polar surface area (TPSA) is 533 Å². The fraction of sp³-hybridized carbons (Fsp3) is 0.447. The van der Waals surface area contributed by atoms with E-state index in [1.807, 2.05) is 78.8 Å². The zero-order valence-electron chi connectivity index (χ0n) is 94.4. The lowest BCUT2D eigenvalue weighted by Gasteiger charge is -2.41. The molecule has 8 N–H and O–H groups in total. The second kappa shape index (κ2) is 47.3. The van der Waals surface area contributed by atoms with Gasteiger partial charge in [-0.15, -0.1) is 10.2 Å². The number of ether oxygens (including phenoxy) is 3. The lowest BCUT2D eigenvalue weighted by Crippen LogP contribution is -2.52. The highest BCUT2D eigenvalue weighted by molar-refractivity contribution is 9.11. The van der Waals surface area contributed by atoms with Crippen LogP contribution in [0.25, 0.3) is 57.1 Å². The maximum Gasteiger partial charge on any atom is 0.516 e. The minimum absolute atomic E-state index is 0.00280. The van der Waals surface area contributed by atoms with Crippen molar-refractivity contribution in [2.75, 3.05) is 111 Å². The summed E-state index contributed by atoms with van der Waals surface area (Å²) in [5, 5.41) is 41.2. The summed E-state index contributed by atoms with van der Waals surface area (Å²) in [7, 11) is 0.564. The van der Waals surface area contributed by atoms with E-state index >= 15 is 0 Å². The molecule has 19 rings (SSSR count). The first-order chi connectivity index (χ1) is 73.9. The Morgan fingerprint density at radius 2 is 0.911 bits per heavy atom. The van der Waals surface area contributed by atoms with Crippen LogP contribution in [0.5, 0.6) is 0 Å². The van der Waals surface area contributed by atoms with Gasteiger partial charge in [-0.1, -0.05) is 6.58 Å². The van der Waals surface area contributed by atoms with Crippen LogP contribution in [-0.4, -0.2) is 254 Å². The summed E-state index contributed by atoms with van der Waals surface area (Å²) in [5.41, 5.74) is 1.35. The summed E-state index contributed by atoms with van der Waals surface area (Å²) in [6.07, 6.45) is 20.3. The Bertz CT molecular complexity index is 7240. The average Bonchev–Trinajstić information content (AvgIpc) is 1.44. The van der Waals surface area contributed by atoms with E-state index in [0.717, 1.165) is 72.4 Å². The van der Waals surface area contributed by atoms with E-state index < -0.39 is 73.9 Å². The van der Waals surface area contributed by atoms with Crippen molar-refractivity contribution in [3.05, 3.63) is 149 Å². The largest absolute Gasteiger partial charge is 0.516 e. The minimum atomic E-state index is -2.42. The molecule has 45 nitrogen and oxygen atoms in total. The molecule has 772 valence electrons. The van der Waals surface area contributed by atoms with Crippen molar-refractivity contribution in [2.24, 2.45) is 0 Å². The Labute approximate surface area is 911 Å². The molecule has 2 unspecified atom stereocenters. The lowest BCUT2D eigenvalue weighted by atomic mass is 9.85. The lowest BCUT2D eigenvalue weighted by molar-refractivity contribution is -0.138. The smallest absolute Gasteiger partial charge is 0.480 e. The Balaban J connectivity index is 0.000000157. The summed E-state index contributed by atoms with van der Waals surface area (Å²) in [6, 6.07) is 11.3. The molecule has 52 heteroatoms. The quantitative estimate of drug-likeness (QED) is 0.0370. The van der Waals surface area contributed by atoms with Crippen LogP contribution in [-0.2, 0) is 47.5 Å². The van der Waals surface area contributed by atoms with Crippen molar-refractivity contribution in [1.29, 1.82) is 0 Å². The molecule has 146 heavy (non-hydrogen) atoms. The van der Waals surface area contributed by atoms with Crippen molar-refractivity contribution in [3.63, 3.8) is 0 Å². The third-order valence-corrected chi connectivity index (χ3v) is 25.6. The van der Waals surface area contributed by atoms with Gasteiger partial charge in [0.05, 0.1) is 98.2 Å². The normalized spacial score (nSPS) is 18.1. The number of aliphatic carboxylic acids is 1. The van der Waals surface area contributed by atoms with Gasteiger partial charge in [0.25, 0.3) is 0 Å². The van der Waals surface area contributed by atoms with Gasteiger partial charge in [-0.3, -0.25) is 43.8 Å². The fourth-order valence-electron chi connectivity index (χ4n) is 15.0. The SMILES string of the molecule is COC(=O)CNc1ncc(Br)nc1Br.Cc1nc(-c2ncn(C3CCCCO3)n2)ccc1Br.O=C(O)CNc1ncc(Br)nc1Br.[2H]C([2H])([2H])C(C)(C)N1C(=C)CNc2ncc(-c3ccc(-c4ncn[nH]4)nc3C)nc21.[2H]C([2H])([2H])C(C)(C)N1C(=O)CNc2ncc(-c3ccc(-c4ncn(C5CCCCO5)n4)nc3C)nc21.[2H]C([2H])([2H])C(C)(C)N1C(=O)CNc2ncc(B3OC(C)(C)C(C)(C)O3)nc21.[2H]C([2H])([2H])C(C)(C)N1C(=O)CNc2ncc(Br)nc21. The van der Waals surface area contributed by atoms with Gasteiger partial charge in [0.1, 0.15) is 72.2 Å². The van der Waals surface area contributed by atoms with Gasteiger partial charge in [0.15, 0.2) is 88.1 Å². The number of hydrogen-bond donors (Lipinski definition) is 8. The first kappa shape index (κ1) is 94.8. The van der Waals surface area contributed by atoms with E-state index in [1.165, 1.54) is 101 Å². The van der Waals surface area contributed by atoms with Crippen LogP contribution in [0.2, 0.25) is 0 Å². The molecule has 3 fully saturated rings. The Morgan fingerprint density at radius 3 is 1.35 bits per heavy atom. The van der Waals surface area contributed by atoms with E-state index in [0.29, 0.717) is 133 Å². The van der Waals surface area contributed by atoms with Gasteiger partial charge >= 0.3 is 19.1 Å². The Morgan fingerprint density at radius 1 is 0.500 bits per heavy atom. The number of pyridine rings is 3. The number of anilines is 10. The number of nitrogens with one attached hydrogen (secondary N) is 7. The molecule has 7 aliphatic heterocycles. The predicted octanol–water partition coefficient (Wildman–Crippen LogP) is 15.9. The van der Waals surface area contributed by atoms with Gasteiger partial charge in [-0.25, -0.2) is 99.1 Å². The number of aryl methyl sites for hydroxylation is 3. The van der Waals surface area contributed by atoms with Gasteiger partial charge < -0.3 is 65.4 Å². The molecule has 0 spiro atoms. The number of esters is 1. The summed E-state index contributed by atoms with van der Waals surface area (Å²) in [4.78, 5) is 142. The van der Waals surface area contributed by atoms with E-state index in [1.54, 1.807) is 59.2 Å². The van der Waals surface area contributed by atoms with Crippen LogP contribution in [0.1, 0.15) is 195 Å². The summed E-state index contributed by atoms with van der Waals surface area (Å²) in [5.74, 6) is 2.84.